The summed E-state index contributed by atoms with van der Waals surface area (Å²) in [6.07, 6.45) is 0. The van der Waals surface area contributed by atoms with Gasteiger partial charge in [-0.1, -0.05) is 15.9 Å². The maximum Gasteiger partial charge on any atom is 0.354 e. The monoisotopic (exact) mass is 322 g/mol. The number of halogens is 1. The predicted molar refractivity (Wildman–Crippen MR) is 78.3 cm³/mol. The van der Waals surface area contributed by atoms with Gasteiger partial charge in [-0.05, 0) is 42.8 Å². The van der Waals surface area contributed by atoms with Crippen molar-refractivity contribution in [2.75, 3.05) is 12.4 Å². The number of esters is 1. The number of ether oxygens (including phenoxy) is 1. The molecule has 4 nitrogen and oxygen atoms in total. The lowest BCUT2D eigenvalue weighted by atomic mass is 10.2. The van der Waals surface area contributed by atoms with E-state index < -0.39 is 0 Å². The molecule has 0 radical (unpaired) electrons. The molecule has 5 heteroatoms. The molecule has 0 spiro atoms. The molecule has 0 bridgehead atoms. The smallest absolute Gasteiger partial charge is 0.354 e. The van der Waals surface area contributed by atoms with E-state index in [0.29, 0.717) is 12.2 Å². The number of methoxy groups -OCH3 is 1. The Labute approximate surface area is 120 Å². The third-order valence-electron chi connectivity index (χ3n) is 2.79. The summed E-state index contributed by atoms with van der Waals surface area (Å²) in [5.74, 6) is -0.356. The second kappa shape index (κ2) is 5.93. The lowest BCUT2D eigenvalue weighted by Crippen LogP contribution is -2.03. The fourth-order valence-electron chi connectivity index (χ4n) is 1.72. The molecule has 100 valence electrons. The van der Waals surface area contributed by atoms with Crippen LogP contribution in [0.2, 0.25) is 0 Å². The Balaban J connectivity index is 2.00. The van der Waals surface area contributed by atoms with Gasteiger partial charge in [-0.25, -0.2) is 4.79 Å². The van der Waals surface area contributed by atoms with Gasteiger partial charge >= 0.3 is 5.97 Å². The van der Waals surface area contributed by atoms with Gasteiger partial charge in [-0.2, -0.15) is 0 Å². The van der Waals surface area contributed by atoms with Gasteiger partial charge in [0.15, 0.2) is 0 Å². The minimum Gasteiger partial charge on any atom is -0.464 e. The first-order chi connectivity index (χ1) is 9.10. The van der Waals surface area contributed by atoms with Gasteiger partial charge in [0.2, 0.25) is 0 Å². The van der Waals surface area contributed by atoms with Gasteiger partial charge < -0.3 is 15.0 Å². The van der Waals surface area contributed by atoms with Crippen LogP contribution in [0.25, 0.3) is 0 Å². The van der Waals surface area contributed by atoms with Crippen molar-refractivity contribution in [3.63, 3.8) is 0 Å². The first kappa shape index (κ1) is 13.7. The zero-order valence-electron chi connectivity index (χ0n) is 10.8. The van der Waals surface area contributed by atoms with Crippen molar-refractivity contribution < 1.29 is 9.53 Å². The molecule has 1 heterocycles. The van der Waals surface area contributed by atoms with Gasteiger partial charge in [-0.3, -0.25) is 0 Å². The summed E-state index contributed by atoms with van der Waals surface area (Å²) in [6, 6.07) is 9.66. The summed E-state index contributed by atoms with van der Waals surface area (Å²) in [6.45, 7) is 2.66. The van der Waals surface area contributed by atoms with E-state index in [1.807, 2.05) is 25.1 Å². The number of aromatic amines is 1. The van der Waals surface area contributed by atoms with Crippen LogP contribution in [0.5, 0.6) is 0 Å². The van der Waals surface area contributed by atoms with E-state index in [2.05, 4.69) is 37.0 Å². The average Bonchev–Trinajstić information content (AvgIpc) is 2.88. The number of H-pyrrole nitrogens is 1. The highest BCUT2D eigenvalue weighted by molar-refractivity contribution is 9.10. The highest BCUT2D eigenvalue weighted by atomic mass is 79.9. The predicted octanol–water partition coefficient (Wildman–Crippen LogP) is 3.48. The van der Waals surface area contributed by atoms with Gasteiger partial charge in [0, 0.05) is 15.9 Å². The van der Waals surface area contributed by atoms with E-state index >= 15 is 0 Å². The largest absolute Gasteiger partial charge is 0.464 e. The maximum atomic E-state index is 11.3. The molecule has 0 atom stereocenters. The van der Waals surface area contributed by atoms with Crippen LogP contribution >= 0.6 is 15.9 Å². The number of aryl methyl sites for hydroxylation is 1. The number of aromatic nitrogens is 1. The molecule has 0 unspecified atom stereocenters. The van der Waals surface area contributed by atoms with E-state index in [4.69, 9.17) is 0 Å². The van der Waals surface area contributed by atoms with Gasteiger partial charge in [0.1, 0.15) is 5.69 Å². The molecule has 1 aromatic carbocycles. The fraction of sp³-hybridized carbons (Fsp3) is 0.214. The number of anilines is 1. The molecule has 0 saturated heterocycles. The first-order valence-corrected chi connectivity index (χ1v) is 6.65. The van der Waals surface area contributed by atoms with Crippen LogP contribution in [0.15, 0.2) is 34.8 Å². The van der Waals surface area contributed by atoms with Crippen molar-refractivity contribution in [1.82, 2.24) is 4.98 Å². The molecule has 0 aliphatic rings. The summed E-state index contributed by atoms with van der Waals surface area (Å²) in [5, 5.41) is 3.30. The SMILES string of the molecule is COC(=O)c1ccc(CNc2ccc(Br)c(C)c2)[nH]1. The van der Waals surface area contributed by atoms with Gasteiger partial charge in [0.05, 0.1) is 13.7 Å². The van der Waals surface area contributed by atoms with Gasteiger partial charge in [0.25, 0.3) is 0 Å². The number of nitrogens with one attached hydrogen (secondary N) is 2. The number of benzene rings is 1. The minimum absolute atomic E-state index is 0.356. The van der Waals surface area contributed by atoms with E-state index in [1.54, 1.807) is 6.07 Å². The standard InChI is InChI=1S/C14H15BrN2O2/c1-9-7-10(3-5-12(9)15)16-8-11-4-6-13(17-11)14(18)19-2/h3-7,16-17H,8H2,1-2H3. The molecule has 2 rings (SSSR count). The van der Waals surface area contributed by atoms with Crippen LogP contribution in [0, 0.1) is 6.92 Å². The first-order valence-electron chi connectivity index (χ1n) is 5.86. The van der Waals surface area contributed by atoms with Crippen LogP contribution < -0.4 is 5.32 Å². The van der Waals surface area contributed by atoms with Crippen molar-refractivity contribution in [1.29, 1.82) is 0 Å². The maximum absolute atomic E-state index is 11.3. The molecule has 19 heavy (non-hydrogen) atoms. The van der Waals surface area contributed by atoms with E-state index in [-0.39, 0.29) is 5.97 Å². The van der Waals surface area contributed by atoms with Crippen molar-refractivity contribution in [3.8, 4) is 0 Å². The zero-order chi connectivity index (χ0) is 13.8. The van der Waals surface area contributed by atoms with Crippen molar-refractivity contribution in [2.24, 2.45) is 0 Å². The molecule has 0 fully saturated rings. The highest BCUT2D eigenvalue weighted by Crippen LogP contribution is 2.20. The minimum atomic E-state index is -0.356. The van der Waals surface area contributed by atoms with Crippen molar-refractivity contribution in [3.05, 3.63) is 51.8 Å². The normalized spacial score (nSPS) is 10.3. The molecular formula is C14H15BrN2O2. The number of carbonyl (C=O) groups is 1. The van der Waals surface area contributed by atoms with Crippen LogP contribution in [0.1, 0.15) is 21.7 Å². The molecule has 0 amide bonds. The zero-order valence-corrected chi connectivity index (χ0v) is 12.4. The lowest BCUT2D eigenvalue weighted by Gasteiger charge is -2.07. The molecule has 2 N–H and O–H groups in total. The van der Waals surface area contributed by atoms with Crippen LogP contribution in [0.3, 0.4) is 0 Å². The molecule has 2 aromatic rings. The van der Waals surface area contributed by atoms with Crippen LogP contribution in [-0.4, -0.2) is 18.1 Å². The van der Waals surface area contributed by atoms with Gasteiger partial charge in [-0.15, -0.1) is 0 Å². The Morgan fingerprint density at radius 1 is 1.37 bits per heavy atom. The third-order valence-corrected chi connectivity index (χ3v) is 3.68. The number of hydrogen-bond acceptors (Lipinski definition) is 3. The highest BCUT2D eigenvalue weighted by Gasteiger charge is 2.07. The molecule has 0 saturated carbocycles. The topological polar surface area (TPSA) is 54.1 Å². The van der Waals surface area contributed by atoms with Crippen molar-refractivity contribution in [2.45, 2.75) is 13.5 Å². The van der Waals surface area contributed by atoms with Crippen LogP contribution in [0.4, 0.5) is 5.69 Å². The summed E-state index contributed by atoms with van der Waals surface area (Å²) < 4.78 is 5.73. The Hall–Kier alpha value is -1.75. The number of rotatable bonds is 4. The second-order valence-electron chi connectivity index (χ2n) is 4.21. The van der Waals surface area contributed by atoms with Crippen molar-refractivity contribution >= 4 is 27.6 Å². The fourth-order valence-corrected chi connectivity index (χ4v) is 1.97. The van der Waals surface area contributed by atoms with E-state index in [1.165, 1.54) is 12.7 Å². The van der Waals surface area contributed by atoms with E-state index in [0.717, 1.165) is 15.9 Å². The van der Waals surface area contributed by atoms with E-state index in [9.17, 15) is 4.79 Å². The molecule has 0 aliphatic carbocycles. The Kier molecular flexibility index (Phi) is 4.27. The summed E-state index contributed by atoms with van der Waals surface area (Å²) in [4.78, 5) is 14.3. The lowest BCUT2D eigenvalue weighted by molar-refractivity contribution is 0.0594. The quantitative estimate of drug-likeness (QED) is 0.847. The Morgan fingerprint density at radius 2 is 2.16 bits per heavy atom. The summed E-state index contributed by atoms with van der Waals surface area (Å²) in [5.41, 5.74) is 3.61. The summed E-state index contributed by atoms with van der Waals surface area (Å²) in [7, 11) is 1.37. The molecule has 0 aliphatic heterocycles. The Morgan fingerprint density at radius 3 is 2.84 bits per heavy atom. The second-order valence-corrected chi connectivity index (χ2v) is 5.06. The van der Waals surface area contributed by atoms with Crippen LogP contribution in [-0.2, 0) is 11.3 Å². The number of hydrogen-bond donors (Lipinski definition) is 2. The average molecular weight is 323 g/mol. The molecule has 1 aromatic heterocycles. The summed E-state index contributed by atoms with van der Waals surface area (Å²) >= 11 is 3.47. The number of carbonyl (C=O) groups excluding carboxylic acids is 1. The molecular weight excluding hydrogens is 308 g/mol. The third kappa shape index (κ3) is 3.38. The Bertz CT molecular complexity index is 593.